The number of anilines is 1. The predicted octanol–water partition coefficient (Wildman–Crippen LogP) is -0.138. The van der Waals surface area contributed by atoms with Gasteiger partial charge in [0.1, 0.15) is 18.2 Å². The Morgan fingerprint density at radius 3 is 3.00 bits per heavy atom. The van der Waals surface area contributed by atoms with Crippen molar-refractivity contribution in [3.8, 4) is 0 Å². The van der Waals surface area contributed by atoms with Crippen LogP contribution in [0.1, 0.15) is 5.56 Å². The first-order chi connectivity index (χ1) is 6.61. The minimum absolute atomic E-state index is 0.147. The topological polar surface area (TPSA) is 112 Å². The number of hydrogen-bond donors (Lipinski definition) is 4. The number of aromatic nitrogens is 1. The van der Waals surface area contributed by atoms with Crippen molar-refractivity contribution in [1.82, 2.24) is 4.98 Å². The van der Waals surface area contributed by atoms with Crippen LogP contribution in [0, 0.1) is 5.41 Å². The van der Waals surface area contributed by atoms with E-state index in [2.05, 4.69) is 10.3 Å². The van der Waals surface area contributed by atoms with E-state index in [-0.39, 0.29) is 12.4 Å². The van der Waals surface area contributed by atoms with Crippen LogP contribution in [-0.4, -0.2) is 28.4 Å². The van der Waals surface area contributed by atoms with Crippen LogP contribution in [0.15, 0.2) is 18.3 Å². The third-order valence-electron chi connectivity index (χ3n) is 1.50. The van der Waals surface area contributed by atoms with E-state index < -0.39 is 5.97 Å². The van der Waals surface area contributed by atoms with Crippen LogP contribution in [0.2, 0.25) is 0 Å². The zero-order valence-electron chi connectivity index (χ0n) is 7.32. The highest BCUT2D eigenvalue weighted by Gasteiger charge is 2.06. The van der Waals surface area contributed by atoms with E-state index in [1.807, 2.05) is 0 Å². The van der Waals surface area contributed by atoms with Crippen LogP contribution in [0.4, 0.5) is 5.82 Å². The number of carbonyl (C=O) groups is 1. The second kappa shape index (κ2) is 4.22. The lowest BCUT2D eigenvalue weighted by atomic mass is 10.2. The molecule has 0 atom stereocenters. The van der Waals surface area contributed by atoms with Gasteiger partial charge >= 0.3 is 5.97 Å². The maximum absolute atomic E-state index is 10.3. The summed E-state index contributed by atoms with van der Waals surface area (Å²) in [5, 5.41) is 18.2. The van der Waals surface area contributed by atoms with Gasteiger partial charge in [-0.2, -0.15) is 0 Å². The third kappa shape index (κ3) is 2.44. The average molecular weight is 194 g/mol. The Bertz CT molecular complexity index is 364. The van der Waals surface area contributed by atoms with Gasteiger partial charge in [0.2, 0.25) is 0 Å². The summed E-state index contributed by atoms with van der Waals surface area (Å²) in [6.07, 6.45) is 1.50. The van der Waals surface area contributed by atoms with Crippen molar-refractivity contribution in [2.24, 2.45) is 5.73 Å². The van der Waals surface area contributed by atoms with Crippen molar-refractivity contribution in [1.29, 1.82) is 5.41 Å². The molecule has 0 radical (unpaired) electrons. The van der Waals surface area contributed by atoms with Gasteiger partial charge in [-0.1, -0.05) is 0 Å². The van der Waals surface area contributed by atoms with Crippen LogP contribution < -0.4 is 11.1 Å². The Hall–Kier alpha value is -2.11. The smallest absolute Gasteiger partial charge is 0.322 e. The molecule has 0 aliphatic carbocycles. The summed E-state index contributed by atoms with van der Waals surface area (Å²) in [6.45, 7) is -0.253. The molecule has 0 aromatic carbocycles. The monoisotopic (exact) mass is 194 g/mol. The highest BCUT2D eigenvalue weighted by Crippen LogP contribution is 2.09. The average Bonchev–Trinajstić information content (AvgIpc) is 2.15. The standard InChI is InChI=1S/C8H10N4O2/c9-7(10)5-2-1-3-11-8(5)12-4-6(13)14/h1-3H,4H2,(H3,9,10)(H,11,12)(H,13,14). The van der Waals surface area contributed by atoms with Crippen LogP contribution in [-0.2, 0) is 4.79 Å². The molecule has 0 aliphatic rings. The molecule has 74 valence electrons. The quantitative estimate of drug-likeness (QED) is 0.393. The number of carboxylic acid groups (broad SMARTS) is 1. The van der Waals surface area contributed by atoms with Crippen LogP contribution in [0.3, 0.4) is 0 Å². The Morgan fingerprint density at radius 2 is 2.43 bits per heavy atom. The van der Waals surface area contributed by atoms with Gasteiger partial charge < -0.3 is 16.2 Å². The van der Waals surface area contributed by atoms with Crippen LogP contribution in [0.25, 0.3) is 0 Å². The molecule has 0 spiro atoms. The summed E-state index contributed by atoms with van der Waals surface area (Å²) in [5.74, 6) is -0.835. The number of nitrogens with zero attached hydrogens (tertiary/aromatic N) is 1. The second-order valence-corrected chi connectivity index (χ2v) is 2.56. The summed E-state index contributed by atoms with van der Waals surface area (Å²) < 4.78 is 0. The highest BCUT2D eigenvalue weighted by atomic mass is 16.4. The number of nitrogens with one attached hydrogen (secondary N) is 2. The summed E-state index contributed by atoms with van der Waals surface area (Å²) >= 11 is 0. The zero-order chi connectivity index (χ0) is 10.6. The number of carboxylic acids is 1. The lowest BCUT2D eigenvalue weighted by molar-refractivity contribution is -0.134. The van der Waals surface area contributed by atoms with Gasteiger partial charge in [0.05, 0.1) is 5.56 Å². The lowest BCUT2D eigenvalue weighted by Gasteiger charge is -2.06. The van der Waals surface area contributed by atoms with Gasteiger partial charge in [0, 0.05) is 6.20 Å². The SMILES string of the molecule is N=C(N)c1cccnc1NCC(=O)O. The zero-order valence-corrected chi connectivity index (χ0v) is 7.32. The van der Waals surface area contributed by atoms with Gasteiger partial charge in [-0.3, -0.25) is 10.2 Å². The van der Waals surface area contributed by atoms with E-state index in [0.29, 0.717) is 11.4 Å². The normalized spacial score (nSPS) is 9.43. The summed E-state index contributed by atoms with van der Waals surface area (Å²) in [7, 11) is 0. The van der Waals surface area contributed by atoms with Gasteiger partial charge in [-0.05, 0) is 12.1 Å². The second-order valence-electron chi connectivity index (χ2n) is 2.56. The van der Waals surface area contributed by atoms with E-state index >= 15 is 0 Å². The lowest BCUT2D eigenvalue weighted by Crippen LogP contribution is -2.19. The molecular formula is C8H10N4O2. The molecule has 6 nitrogen and oxygen atoms in total. The summed E-state index contributed by atoms with van der Waals surface area (Å²) in [5.41, 5.74) is 5.67. The molecule has 1 aromatic heterocycles. The van der Waals surface area contributed by atoms with Crippen molar-refractivity contribution in [3.05, 3.63) is 23.9 Å². The third-order valence-corrected chi connectivity index (χ3v) is 1.50. The Balaban J connectivity index is 2.84. The van der Waals surface area contributed by atoms with Gasteiger partial charge in [-0.15, -0.1) is 0 Å². The number of nitrogens with two attached hydrogens (primary N) is 1. The Morgan fingerprint density at radius 1 is 1.71 bits per heavy atom. The van der Waals surface area contributed by atoms with Crippen molar-refractivity contribution < 1.29 is 9.90 Å². The number of aliphatic carboxylic acids is 1. The molecule has 1 rings (SSSR count). The minimum Gasteiger partial charge on any atom is -0.480 e. The van der Waals surface area contributed by atoms with Gasteiger partial charge in [0.25, 0.3) is 0 Å². The first-order valence-electron chi connectivity index (χ1n) is 3.86. The molecule has 1 aromatic rings. The molecule has 1 heterocycles. The molecule has 0 fully saturated rings. The largest absolute Gasteiger partial charge is 0.480 e. The van der Waals surface area contributed by atoms with Crippen LogP contribution in [0.5, 0.6) is 0 Å². The van der Waals surface area contributed by atoms with Crippen molar-refractivity contribution in [2.75, 3.05) is 11.9 Å². The first kappa shape index (κ1) is 9.97. The van der Waals surface area contributed by atoms with Crippen molar-refractivity contribution in [3.63, 3.8) is 0 Å². The number of pyridine rings is 1. The molecule has 0 aliphatic heterocycles. The summed E-state index contributed by atoms with van der Waals surface area (Å²) in [4.78, 5) is 14.2. The molecule has 0 unspecified atom stereocenters. The number of hydrogen-bond acceptors (Lipinski definition) is 4. The fourth-order valence-corrected chi connectivity index (χ4v) is 0.923. The molecule has 5 N–H and O–H groups in total. The molecule has 0 saturated heterocycles. The van der Waals surface area contributed by atoms with Crippen molar-refractivity contribution in [2.45, 2.75) is 0 Å². The first-order valence-corrected chi connectivity index (χ1v) is 3.86. The van der Waals surface area contributed by atoms with E-state index in [0.717, 1.165) is 0 Å². The molecule has 14 heavy (non-hydrogen) atoms. The highest BCUT2D eigenvalue weighted by molar-refractivity contribution is 5.99. The van der Waals surface area contributed by atoms with E-state index in [4.69, 9.17) is 16.2 Å². The fourth-order valence-electron chi connectivity index (χ4n) is 0.923. The molecule has 6 heteroatoms. The maximum atomic E-state index is 10.3. The van der Waals surface area contributed by atoms with E-state index in [9.17, 15) is 4.79 Å². The van der Waals surface area contributed by atoms with Crippen molar-refractivity contribution >= 4 is 17.6 Å². The van der Waals surface area contributed by atoms with Gasteiger partial charge in [-0.25, -0.2) is 4.98 Å². The molecule has 0 bridgehead atoms. The minimum atomic E-state index is -0.995. The predicted molar refractivity (Wildman–Crippen MR) is 51.4 cm³/mol. The van der Waals surface area contributed by atoms with Crippen LogP contribution >= 0.6 is 0 Å². The Labute approximate surface area is 80.3 Å². The molecule has 0 amide bonds. The number of nitrogen functional groups attached to an aromatic ring is 1. The summed E-state index contributed by atoms with van der Waals surface area (Å²) in [6, 6.07) is 3.22. The Kier molecular flexibility index (Phi) is 3.01. The molecular weight excluding hydrogens is 184 g/mol. The molecule has 0 saturated carbocycles. The number of amidine groups is 1. The van der Waals surface area contributed by atoms with E-state index in [1.54, 1.807) is 12.1 Å². The van der Waals surface area contributed by atoms with Gasteiger partial charge in [0.15, 0.2) is 0 Å². The fraction of sp³-hybridized carbons (Fsp3) is 0.125. The maximum Gasteiger partial charge on any atom is 0.322 e. The number of rotatable bonds is 4. The van der Waals surface area contributed by atoms with E-state index in [1.165, 1.54) is 6.20 Å².